The lowest BCUT2D eigenvalue weighted by Gasteiger charge is -2.16. The molecule has 0 bridgehead atoms. The average Bonchev–Trinajstić information content (AvgIpc) is 2.54. The molecule has 2 aromatic carbocycles. The molecule has 142 valence electrons. The first-order valence-corrected chi connectivity index (χ1v) is 7.74. The number of hydrogen-bond donors (Lipinski definition) is 2. The van der Waals surface area contributed by atoms with Gasteiger partial charge in [0.2, 0.25) is 0 Å². The Balaban J connectivity index is 0.00000338. The van der Waals surface area contributed by atoms with E-state index in [2.05, 4.69) is 5.32 Å². The molecular formula is C18H20ClF3N2O2. The molecule has 0 aliphatic carbocycles. The van der Waals surface area contributed by atoms with Gasteiger partial charge in [0.15, 0.2) is 0 Å². The van der Waals surface area contributed by atoms with E-state index in [0.717, 1.165) is 12.1 Å². The van der Waals surface area contributed by atoms with Crippen molar-refractivity contribution in [3.63, 3.8) is 0 Å². The summed E-state index contributed by atoms with van der Waals surface area (Å²) in [6.07, 6.45) is -3.83. The number of amides is 1. The zero-order chi connectivity index (χ0) is 18.6. The first-order chi connectivity index (χ1) is 11.7. The van der Waals surface area contributed by atoms with Gasteiger partial charge >= 0.3 is 6.18 Å². The van der Waals surface area contributed by atoms with E-state index in [9.17, 15) is 18.0 Å². The highest BCUT2D eigenvalue weighted by Crippen LogP contribution is 2.35. The van der Waals surface area contributed by atoms with Gasteiger partial charge in [-0.3, -0.25) is 4.79 Å². The van der Waals surface area contributed by atoms with Gasteiger partial charge < -0.3 is 15.8 Å². The van der Waals surface area contributed by atoms with Gasteiger partial charge in [-0.15, -0.1) is 12.4 Å². The predicted molar refractivity (Wildman–Crippen MR) is 98.0 cm³/mol. The van der Waals surface area contributed by atoms with E-state index in [1.54, 1.807) is 19.1 Å². The molecule has 0 aromatic heterocycles. The van der Waals surface area contributed by atoms with Crippen molar-refractivity contribution < 1.29 is 22.7 Å². The van der Waals surface area contributed by atoms with E-state index in [0.29, 0.717) is 29.8 Å². The third-order valence-corrected chi connectivity index (χ3v) is 3.52. The third-order valence-electron chi connectivity index (χ3n) is 3.52. The number of nitrogens with one attached hydrogen (secondary N) is 1. The molecule has 0 unspecified atom stereocenters. The number of carbonyl (C=O) groups is 1. The molecule has 2 aromatic rings. The lowest BCUT2D eigenvalue weighted by atomic mass is 10.1. The number of aryl methyl sites for hydroxylation is 1. The number of anilines is 2. The van der Waals surface area contributed by atoms with E-state index in [1.165, 1.54) is 12.1 Å². The molecule has 3 N–H and O–H groups in total. The van der Waals surface area contributed by atoms with E-state index >= 15 is 0 Å². The van der Waals surface area contributed by atoms with Crippen molar-refractivity contribution >= 4 is 29.7 Å². The van der Waals surface area contributed by atoms with Gasteiger partial charge in [0.25, 0.3) is 5.91 Å². The van der Waals surface area contributed by atoms with Crippen molar-refractivity contribution in [2.45, 2.75) is 26.4 Å². The second kappa shape index (κ2) is 8.80. The smallest absolute Gasteiger partial charge is 0.416 e. The maximum absolute atomic E-state index is 13.0. The Hall–Kier alpha value is -2.41. The van der Waals surface area contributed by atoms with Crippen LogP contribution in [0.5, 0.6) is 5.75 Å². The second-order valence-electron chi connectivity index (χ2n) is 5.59. The van der Waals surface area contributed by atoms with Gasteiger partial charge in [0.05, 0.1) is 17.9 Å². The quantitative estimate of drug-likeness (QED) is 0.704. The van der Waals surface area contributed by atoms with Crippen LogP contribution in [-0.2, 0) is 6.18 Å². The number of nitrogen functional groups attached to an aromatic ring is 1. The summed E-state index contributed by atoms with van der Waals surface area (Å²) in [5, 5.41) is 2.50. The Morgan fingerprint density at radius 2 is 1.88 bits per heavy atom. The minimum absolute atomic E-state index is 0. The van der Waals surface area contributed by atoms with Gasteiger partial charge in [-0.1, -0.05) is 13.0 Å². The van der Waals surface area contributed by atoms with Crippen LogP contribution in [0.15, 0.2) is 36.4 Å². The van der Waals surface area contributed by atoms with Crippen molar-refractivity contribution in [2.24, 2.45) is 0 Å². The number of ether oxygens (including phenoxy) is 1. The number of halogens is 4. The number of alkyl halides is 3. The molecule has 1 amide bonds. The predicted octanol–water partition coefficient (Wildman–Crippen LogP) is 5.06. The number of hydrogen-bond acceptors (Lipinski definition) is 3. The van der Waals surface area contributed by atoms with Crippen molar-refractivity contribution in [2.75, 3.05) is 17.7 Å². The monoisotopic (exact) mass is 388 g/mol. The molecule has 0 spiro atoms. The van der Waals surface area contributed by atoms with Gasteiger partial charge in [-0.25, -0.2) is 0 Å². The Morgan fingerprint density at radius 3 is 2.50 bits per heavy atom. The van der Waals surface area contributed by atoms with Crippen LogP contribution in [0.4, 0.5) is 24.5 Å². The Labute approximate surface area is 155 Å². The third kappa shape index (κ3) is 5.29. The van der Waals surface area contributed by atoms with Gasteiger partial charge in [-0.05, 0) is 49.2 Å². The zero-order valence-corrected chi connectivity index (χ0v) is 15.1. The molecule has 0 atom stereocenters. The first kappa shape index (κ1) is 21.6. The number of nitrogens with two attached hydrogens (primary N) is 1. The molecule has 0 aliphatic rings. The van der Waals surface area contributed by atoms with E-state index in [4.69, 9.17) is 10.5 Å². The molecule has 0 heterocycles. The van der Waals surface area contributed by atoms with E-state index in [1.807, 2.05) is 6.92 Å². The van der Waals surface area contributed by atoms with Crippen LogP contribution in [0.2, 0.25) is 0 Å². The normalized spacial score (nSPS) is 10.8. The van der Waals surface area contributed by atoms with E-state index < -0.39 is 17.6 Å². The minimum atomic E-state index is -4.52. The maximum atomic E-state index is 13.0. The average molecular weight is 389 g/mol. The molecule has 0 aliphatic heterocycles. The minimum Gasteiger partial charge on any atom is -0.491 e. The van der Waals surface area contributed by atoms with Gasteiger partial charge in [0, 0.05) is 11.3 Å². The molecule has 4 nitrogen and oxygen atoms in total. The van der Waals surface area contributed by atoms with Crippen molar-refractivity contribution in [1.29, 1.82) is 0 Å². The van der Waals surface area contributed by atoms with Crippen LogP contribution >= 0.6 is 12.4 Å². The lowest BCUT2D eigenvalue weighted by Crippen LogP contribution is -2.16. The van der Waals surface area contributed by atoms with Crippen LogP contribution in [0.3, 0.4) is 0 Å². The maximum Gasteiger partial charge on any atom is 0.416 e. The Morgan fingerprint density at radius 1 is 1.19 bits per heavy atom. The fourth-order valence-electron chi connectivity index (χ4n) is 2.22. The topological polar surface area (TPSA) is 64.3 Å². The van der Waals surface area contributed by atoms with Crippen LogP contribution in [-0.4, -0.2) is 12.5 Å². The van der Waals surface area contributed by atoms with E-state index in [-0.39, 0.29) is 23.8 Å². The molecule has 0 saturated carbocycles. The summed E-state index contributed by atoms with van der Waals surface area (Å²) in [6.45, 7) is 3.92. The van der Waals surface area contributed by atoms with Crippen molar-refractivity contribution in [3.8, 4) is 5.75 Å². The lowest BCUT2D eigenvalue weighted by molar-refractivity contribution is -0.137. The molecule has 0 saturated heterocycles. The van der Waals surface area contributed by atoms with Crippen LogP contribution in [0.25, 0.3) is 0 Å². The summed E-state index contributed by atoms with van der Waals surface area (Å²) in [4.78, 5) is 12.5. The van der Waals surface area contributed by atoms with Crippen molar-refractivity contribution in [3.05, 3.63) is 53.1 Å². The first-order valence-electron chi connectivity index (χ1n) is 7.74. The second-order valence-corrected chi connectivity index (χ2v) is 5.59. The van der Waals surface area contributed by atoms with Gasteiger partial charge in [-0.2, -0.15) is 13.2 Å². The standard InChI is InChI=1S/C18H19F3N2O2.ClH/c1-3-8-25-16-7-5-12(18(19,20)21)9-15(16)23-17(24)14-10-13(22)6-4-11(14)2;/h4-7,9-10H,3,8,22H2,1-2H3,(H,23,24);1H. The summed E-state index contributed by atoms with van der Waals surface area (Å²) in [7, 11) is 0. The SMILES string of the molecule is CCCOc1ccc(C(F)(F)F)cc1NC(=O)c1cc(N)ccc1C.Cl. The van der Waals surface area contributed by atoms with Crippen LogP contribution < -0.4 is 15.8 Å². The Bertz CT molecular complexity index is 780. The van der Waals surface area contributed by atoms with Gasteiger partial charge in [0.1, 0.15) is 5.75 Å². The fraction of sp³-hybridized carbons (Fsp3) is 0.278. The van der Waals surface area contributed by atoms with Crippen molar-refractivity contribution in [1.82, 2.24) is 0 Å². The summed E-state index contributed by atoms with van der Waals surface area (Å²) in [5.41, 5.74) is 6.13. The molecule has 0 fully saturated rings. The summed E-state index contributed by atoms with van der Waals surface area (Å²) >= 11 is 0. The zero-order valence-electron chi connectivity index (χ0n) is 14.3. The fourth-order valence-corrected chi connectivity index (χ4v) is 2.22. The highest BCUT2D eigenvalue weighted by Gasteiger charge is 2.31. The summed E-state index contributed by atoms with van der Waals surface area (Å²) in [6, 6.07) is 7.79. The number of benzene rings is 2. The Kier molecular flexibility index (Phi) is 7.32. The molecule has 26 heavy (non-hydrogen) atoms. The number of carbonyl (C=O) groups excluding carboxylic acids is 1. The molecule has 0 radical (unpaired) electrons. The largest absolute Gasteiger partial charge is 0.491 e. The highest BCUT2D eigenvalue weighted by atomic mass is 35.5. The molecule has 2 rings (SSSR count). The summed E-state index contributed by atoms with van der Waals surface area (Å²) in [5.74, 6) is -0.366. The number of rotatable bonds is 5. The molecule has 8 heteroatoms. The van der Waals surface area contributed by atoms with Crippen LogP contribution in [0, 0.1) is 6.92 Å². The molecular weight excluding hydrogens is 369 g/mol. The highest BCUT2D eigenvalue weighted by molar-refractivity contribution is 6.06. The van der Waals surface area contributed by atoms with Crippen LogP contribution in [0.1, 0.15) is 34.8 Å². The summed E-state index contributed by atoms with van der Waals surface area (Å²) < 4.78 is 44.3.